The van der Waals surface area contributed by atoms with E-state index in [9.17, 15) is 9.90 Å². The Balaban J connectivity index is 2.40. The number of nitrogens with zero attached hydrogens (tertiary/aromatic N) is 1. The molecule has 0 aliphatic heterocycles. The Morgan fingerprint density at radius 1 is 1.37 bits per heavy atom. The number of nitrogens with one attached hydrogen (secondary N) is 1. The third-order valence-electron chi connectivity index (χ3n) is 4.05. The first-order valence-electron chi connectivity index (χ1n) is 7.58. The predicted molar refractivity (Wildman–Crippen MR) is 78.1 cm³/mol. The zero-order chi connectivity index (χ0) is 14.5. The van der Waals surface area contributed by atoms with Gasteiger partial charge in [-0.05, 0) is 39.0 Å². The highest BCUT2D eigenvalue weighted by Gasteiger charge is 2.24. The summed E-state index contributed by atoms with van der Waals surface area (Å²) in [6, 6.07) is -0.0533. The van der Waals surface area contributed by atoms with E-state index in [1.54, 1.807) is 18.7 Å². The summed E-state index contributed by atoms with van der Waals surface area (Å²) in [5, 5.41) is 12.8. The maximum Gasteiger partial charge on any atom is 0.317 e. The van der Waals surface area contributed by atoms with E-state index in [1.165, 1.54) is 25.7 Å². The van der Waals surface area contributed by atoms with E-state index < -0.39 is 5.60 Å². The molecule has 0 radical (unpaired) electrons. The number of carbonyl (C=O) groups excluding carboxylic acids is 1. The molecule has 112 valence electrons. The van der Waals surface area contributed by atoms with Gasteiger partial charge in [0.2, 0.25) is 0 Å². The predicted octanol–water partition coefficient (Wildman–Crippen LogP) is 2.62. The molecule has 0 aromatic heterocycles. The number of amides is 2. The maximum absolute atomic E-state index is 12.1. The highest BCUT2D eigenvalue weighted by molar-refractivity contribution is 5.74. The van der Waals surface area contributed by atoms with Crippen molar-refractivity contribution < 1.29 is 9.90 Å². The van der Waals surface area contributed by atoms with E-state index in [2.05, 4.69) is 12.2 Å². The first-order chi connectivity index (χ1) is 8.83. The van der Waals surface area contributed by atoms with Crippen LogP contribution in [0.25, 0.3) is 0 Å². The highest BCUT2D eigenvalue weighted by atomic mass is 16.3. The van der Waals surface area contributed by atoms with Gasteiger partial charge in [-0.2, -0.15) is 0 Å². The van der Waals surface area contributed by atoms with Gasteiger partial charge in [-0.3, -0.25) is 0 Å². The molecule has 19 heavy (non-hydrogen) atoms. The van der Waals surface area contributed by atoms with Crippen molar-refractivity contribution in [3.63, 3.8) is 0 Å². The SMILES string of the molecule is CCN(CC(C)(C)O)C(=O)NCC1CCCCC1C. The quantitative estimate of drug-likeness (QED) is 0.807. The summed E-state index contributed by atoms with van der Waals surface area (Å²) in [4.78, 5) is 13.8. The topological polar surface area (TPSA) is 52.6 Å². The summed E-state index contributed by atoms with van der Waals surface area (Å²) in [6.45, 7) is 9.44. The molecule has 1 aliphatic rings. The number of hydrogen-bond donors (Lipinski definition) is 2. The van der Waals surface area contributed by atoms with E-state index in [-0.39, 0.29) is 6.03 Å². The van der Waals surface area contributed by atoms with E-state index in [4.69, 9.17) is 0 Å². The van der Waals surface area contributed by atoms with Crippen LogP contribution in [0.2, 0.25) is 0 Å². The fourth-order valence-electron chi connectivity index (χ4n) is 2.82. The van der Waals surface area contributed by atoms with Gasteiger partial charge in [0.15, 0.2) is 0 Å². The van der Waals surface area contributed by atoms with Crippen LogP contribution in [-0.4, -0.2) is 41.3 Å². The van der Waals surface area contributed by atoms with Crippen LogP contribution >= 0.6 is 0 Å². The van der Waals surface area contributed by atoms with Gasteiger partial charge in [-0.15, -0.1) is 0 Å². The fourth-order valence-corrected chi connectivity index (χ4v) is 2.82. The molecule has 2 amide bonds. The molecule has 0 spiro atoms. The van der Waals surface area contributed by atoms with Gasteiger partial charge >= 0.3 is 6.03 Å². The molecule has 4 nitrogen and oxygen atoms in total. The monoisotopic (exact) mass is 270 g/mol. The normalized spacial score (nSPS) is 24.1. The van der Waals surface area contributed by atoms with Crippen LogP contribution in [0, 0.1) is 11.8 Å². The number of hydrogen-bond acceptors (Lipinski definition) is 2. The van der Waals surface area contributed by atoms with Gasteiger partial charge in [-0.25, -0.2) is 4.79 Å². The van der Waals surface area contributed by atoms with Crippen molar-refractivity contribution in [3.05, 3.63) is 0 Å². The van der Waals surface area contributed by atoms with Crippen molar-refractivity contribution >= 4 is 6.03 Å². The van der Waals surface area contributed by atoms with Gasteiger partial charge in [0, 0.05) is 13.1 Å². The second-order valence-corrected chi connectivity index (χ2v) is 6.53. The molecule has 0 saturated heterocycles. The second-order valence-electron chi connectivity index (χ2n) is 6.53. The molecule has 2 atom stereocenters. The van der Waals surface area contributed by atoms with Crippen molar-refractivity contribution in [3.8, 4) is 0 Å². The van der Waals surface area contributed by atoms with Crippen LogP contribution in [0.4, 0.5) is 4.79 Å². The highest BCUT2D eigenvalue weighted by Crippen LogP contribution is 2.28. The lowest BCUT2D eigenvalue weighted by molar-refractivity contribution is 0.0476. The van der Waals surface area contributed by atoms with Crippen LogP contribution in [0.1, 0.15) is 53.4 Å². The minimum absolute atomic E-state index is 0.0533. The Hall–Kier alpha value is -0.770. The molecule has 2 N–H and O–H groups in total. The largest absolute Gasteiger partial charge is 0.389 e. The lowest BCUT2D eigenvalue weighted by Crippen LogP contribution is -2.48. The van der Waals surface area contributed by atoms with Crippen LogP contribution in [-0.2, 0) is 0 Å². The van der Waals surface area contributed by atoms with Crippen LogP contribution in [0.3, 0.4) is 0 Å². The van der Waals surface area contributed by atoms with Gasteiger partial charge in [0.25, 0.3) is 0 Å². The number of urea groups is 1. The first-order valence-corrected chi connectivity index (χ1v) is 7.58. The zero-order valence-electron chi connectivity index (χ0n) is 12.9. The molecule has 1 saturated carbocycles. The van der Waals surface area contributed by atoms with E-state index in [1.807, 2.05) is 6.92 Å². The number of aliphatic hydroxyl groups is 1. The minimum Gasteiger partial charge on any atom is -0.389 e. The molecule has 1 rings (SSSR count). The van der Waals surface area contributed by atoms with Crippen LogP contribution < -0.4 is 5.32 Å². The zero-order valence-corrected chi connectivity index (χ0v) is 12.9. The van der Waals surface area contributed by atoms with Crippen LogP contribution in [0.15, 0.2) is 0 Å². The molecular formula is C15H30N2O2. The van der Waals surface area contributed by atoms with E-state index in [0.29, 0.717) is 24.9 Å². The third kappa shape index (κ3) is 5.81. The Morgan fingerprint density at radius 2 is 2.00 bits per heavy atom. The fraction of sp³-hybridized carbons (Fsp3) is 0.933. The number of likely N-dealkylation sites (N-methyl/N-ethyl adjacent to an activating group) is 1. The lowest BCUT2D eigenvalue weighted by atomic mass is 9.80. The van der Waals surface area contributed by atoms with E-state index >= 15 is 0 Å². The standard InChI is InChI=1S/C15H30N2O2/c1-5-17(11-15(3,4)19)14(18)16-10-13-9-7-6-8-12(13)2/h12-13,19H,5-11H2,1-4H3,(H,16,18). The first kappa shape index (κ1) is 16.3. The summed E-state index contributed by atoms with van der Waals surface area (Å²) in [5.74, 6) is 1.32. The van der Waals surface area contributed by atoms with Crippen molar-refractivity contribution in [2.45, 2.75) is 59.0 Å². The summed E-state index contributed by atoms with van der Waals surface area (Å²) < 4.78 is 0. The smallest absolute Gasteiger partial charge is 0.317 e. The maximum atomic E-state index is 12.1. The van der Waals surface area contributed by atoms with Gasteiger partial charge in [0.05, 0.1) is 12.1 Å². The van der Waals surface area contributed by atoms with Crippen molar-refractivity contribution in [1.82, 2.24) is 10.2 Å². The Morgan fingerprint density at radius 3 is 2.53 bits per heavy atom. The van der Waals surface area contributed by atoms with Gasteiger partial charge in [0.1, 0.15) is 0 Å². The van der Waals surface area contributed by atoms with Gasteiger partial charge < -0.3 is 15.3 Å². The molecule has 0 aromatic rings. The summed E-state index contributed by atoms with van der Waals surface area (Å²) in [7, 11) is 0. The van der Waals surface area contributed by atoms with Gasteiger partial charge in [-0.1, -0.05) is 26.2 Å². The molecule has 1 fully saturated rings. The Labute approximate surface area is 117 Å². The second kappa shape index (κ2) is 7.13. The molecule has 0 bridgehead atoms. The number of rotatable bonds is 5. The molecule has 0 aromatic carbocycles. The van der Waals surface area contributed by atoms with E-state index in [0.717, 1.165) is 6.54 Å². The summed E-state index contributed by atoms with van der Waals surface area (Å²) in [5.41, 5.74) is -0.842. The average molecular weight is 270 g/mol. The molecule has 1 aliphatic carbocycles. The van der Waals surface area contributed by atoms with Crippen molar-refractivity contribution in [2.24, 2.45) is 11.8 Å². The minimum atomic E-state index is -0.842. The molecule has 0 heterocycles. The van der Waals surface area contributed by atoms with Crippen molar-refractivity contribution in [2.75, 3.05) is 19.6 Å². The Kier molecular flexibility index (Phi) is 6.11. The Bertz CT molecular complexity index is 286. The third-order valence-corrected chi connectivity index (χ3v) is 4.05. The van der Waals surface area contributed by atoms with Crippen molar-refractivity contribution in [1.29, 1.82) is 0 Å². The molecule has 4 heteroatoms. The lowest BCUT2D eigenvalue weighted by Gasteiger charge is -2.31. The molecular weight excluding hydrogens is 240 g/mol. The summed E-state index contributed by atoms with van der Waals surface area (Å²) >= 11 is 0. The number of carbonyl (C=O) groups is 1. The summed E-state index contributed by atoms with van der Waals surface area (Å²) in [6.07, 6.45) is 5.11. The molecule has 2 unspecified atom stereocenters. The average Bonchev–Trinajstić information content (AvgIpc) is 2.33. The van der Waals surface area contributed by atoms with Crippen LogP contribution in [0.5, 0.6) is 0 Å².